The van der Waals surface area contributed by atoms with Crippen LogP contribution in [0.15, 0.2) is 48.5 Å². The molecule has 0 aliphatic rings. The summed E-state index contributed by atoms with van der Waals surface area (Å²) in [4.78, 5) is 35.6. The summed E-state index contributed by atoms with van der Waals surface area (Å²) in [6.07, 6.45) is 0.829. The van der Waals surface area contributed by atoms with Gasteiger partial charge in [0.2, 0.25) is 5.91 Å². The van der Waals surface area contributed by atoms with Crippen molar-refractivity contribution in [2.75, 3.05) is 0 Å². The second-order valence-electron chi connectivity index (χ2n) is 6.40. The van der Waals surface area contributed by atoms with E-state index in [2.05, 4.69) is 10.6 Å². The first-order valence-electron chi connectivity index (χ1n) is 8.88. The molecule has 27 heavy (non-hydrogen) atoms. The van der Waals surface area contributed by atoms with Gasteiger partial charge in [-0.1, -0.05) is 37.3 Å². The van der Waals surface area contributed by atoms with Crippen molar-refractivity contribution in [3.63, 3.8) is 0 Å². The molecule has 0 saturated heterocycles. The Bertz CT molecular complexity index is 832. The molecule has 0 saturated carbocycles. The van der Waals surface area contributed by atoms with E-state index in [0.29, 0.717) is 11.1 Å². The molecule has 0 spiro atoms. The molecule has 1 unspecified atom stereocenters. The number of carboxylic acid groups (broad SMARTS) is 1. The quantitative estimate of drug-likeness (QED) is 0.668. The molecule has 0 radical (unpaired) electrons. The third-order valence-corrected chi connectivity index (χ3v) is 4.27. The maximum absolute atomic E-state index is 12.2. The molecule has 3 N–H and O–H groups in total. The highest BCUT2D eigenvalue weighted by molar-refractivity contribution is 5.94. The van der Waals surface area contributed by atoms with Crippen LogP contribution in [0.3, 0.4) is 0 Å². The molecule has 0 aliphatic carbocycles. The van der Waals surface area contributed by atoms with Gasteiger partial charge in [0.05, 0.1) is 12.0 Å². The average molecular weight is 368 g/mol. The van der Waals surface area contributed by atoms with Gasteiger partial charge in [-0.25, -0.2) is 4.79 Å². The van der Waals surface area contributed by atoms with Gasteiger partial charge < -0.3 is 15.7 Å². The zero-order chi connectivity index (χ0) is 19.8. The van der Waals surface area contributed by atoms with Gasteiger partial charge in [-0.3, -0.25) is 9.59 Å². The maximum Gasteiger partial charge on any atom is 0.335 e. The van der Waals surface area contributed by atoms with Gasteiger partial charge in [0.25, 0.3) is 5.91 Å². The van der Waals surface area contributed by atoms with Crippen LogP contribution in [-0.2, 0) is 17.8 Å². The van der Waals surface area contributed by atoms with Crippen LogP contribution in [0.25, 0.3) is 0 Å². The average Bonchev–Trinajstić information content (AvgIpc) is 2.66. The van der Waals surface area contributed by atoms with Crippen LogP contribution in [0.5, 0.6) is 0 Å². The number of carbonyl (C=O) groups is 3. The maximum atomic E-state index is 12.2. The number of carboxylic acids is 1. The van der Waals surface area contributed by atoms with Crippen molar-refractivity contribution in [1.82, 2.24) is 10.6 Å². The summed E-state index contributed by atoms with van der Waals surface area (Å²) in [5.74, 6) is -1.48. The molecule has 0 aromatic heterocycles. The van der Waals surface area contributed by atoms with Crippen molar-refractivity contribution in [3.05, 3.63) is 70.8 Å². The summed E-state index contributed by atoms with van der Waals surface area (Å²) < 4.78 is 0. The van der Waals surface area contributed by atoms with E-state index in [1.807, 2.05) is 19.9 Å². The van der Waals surface area contributed by atoms with Gasteiger partial charge >= 0.3 is 5.97 Å². The van der Waals surface area contributed by atoms with Crippen molar-refractivity contribution in [2.24, 2.45) is 0 Å². The molecule has 2 amide bonds. The predicted molar refractivity (Wildman–Crippen MR) is 103 cm³/mol. The lowest BCUT2D eigenvalue weighted by Crippen LogP contribution is -2.32. The number of aromatic carboxylic acids is 1. The second kappa shape index (κ2) is 9.52. The third-order valence-electron chi connectivity index (χ3n) is 4.27. The molecule has 0 heterocycles. The summed E-state index contributed by atoms with van der Waals surface area (Å²) in [6, 6.07) is 13.6. The standard InChI is InChI=1S/C21H24N2O4/c1-3-14(2)23-20(25)17-9-6-7-15(11-17)13-22-19(24)12-16-8-4-5-10-18(16)21(26)27/h4-11,14H,3,12-13H2,1-2H3,(H,22,24)(H,23,25)(H,26,27). The van der Waals surface area contributed by atoms with E-state index < -0.39 is 5.97 Å². The summed E-state index contributed by atoms with van der Waals surface area (Å²) in [5, 5.41) is 14.9. The van der Waals surface area contributed by atoms with E-state index in [-0.39, 0.29) is 36.4 Å². The molecule has 0 fully saturated rings. The smallest absolute Gasteiger partial charge is 0.335 e. The Morgan fingerprint density at radius 3 is 2.52 bits per heavy atom. The van der Waals surface area contributed by atoms with Gasteiger partial charge in [0.15, 0.2) is 0 Å². The van der Waals surface area contributed by atoms with Crippen molar-refractivity contribution in [3.8, 4) is 0 Å². The molecular weight excluding hydrogens is 344 g/mol. The van der Waals surface area contributed by atoms with Gasteiger partial charge in [0.1, 0.15) is 0 Å². The van der Waals surface area contributed by atoms with E-state index in [9.17, 15) is 19.5 Å². The number of rotatable bonds is 8. The van der Waals surface area contributed by atoms with E-state index in [0.717, 1.165) is 12.0 Å². The molecular formula is C21H24N2O4. The SMILES string of the molecule is CCC(C)NC(=O)c1cccc(CNC(=O)Cc2ccccc2C(=O)O)c1. The van der Waals surface area contributed by atoms with Gasteiger partial charge in [0, 0.05) is 18.2 Å². The molecule has 6 heteroatoms. The highest BCUT2D eigenvalue weighted by atomic mass is 16.4. The van der Waals surface area contributed by atoms with Crippen LogP contribution in [0.1, 0.15) is 52.1 Å². The Hall–Kier alpha value is -3.15. The predicted octanol–water partition coefficient (Wildman–Crippen LogP) is 2.77. The fourth-order valence-corrected chi connectivity index (χ4v) is 2.55. The summed E-state index contributed by atoms with van der Waals surface area (Å²) in [7, 11) is 0. The fourth-order valence-electron chi connectivity index (χ4n) is 2.55. The normalized spacial score (nSPS) is 11.5. The Labute approximate surface area is 158 Å². The Balaban J connectivity index is 1.97. The van der Waals surface area contributed by atoms with Crippen LogP contribution < -0.4 is 10.6 Å². The van der Waals surface area contributed by atoms with E-state index in [1.165, 1.54) is 6.07 Å². The number of hydrogen-bond donors (Lipinski definition) is 3. The molecule has 142 valence electrons. The largest absolute Gasteiger partial charge is 0.478 e. The summed E-state index contributed by atoms with van der Waals surface area (Å²) in [5.41, 5.74) is 1.92. The number of hydrogen-bond acceptors (Lipinski definition) is 3. The van der Waals surface area contributed by atoms with Crippen molar-refractivity contribution < 1.29 is 19.5 Å². The molecule has 2 aromatic rings. The Morgan fingerprint density at radius 2 is 1.81 bits per heavy atom. The number of amides is 2. The number of carbonyl (C=O) groups excluding carboxylic acids is 2. The van der Waals surface area contributed by atoms with Gasteiger partial charge in [-0.2, -0.15) is 0 Å². The van der Waals surface area contributed by atoms with Gasteiger partial charge in [-0.15, -0.1) is 0 Å². The highest BCUT2D eigenvalue weighted by Crippen LogP contribution is 2.10. The first kappa shape index (κ1) is 20.2. The number of benzene rings is 2. The minimum Gasteiger partial charge on any atom is -0.478 e. The zero-order valence-corrected chi connectivity index (χ0v) is 15.5. The lowest BCUT2D eigenvalue weighted by atomic mass is 10.0. The van der Waals surface area contributed by atoms with Crippen molar-refractivity contribution >= 4 is 17.8 Å². The summed E-state index contributed by atoms with van der Waals surface area (Å²) >= 11 is 0. The van der Waals surface area contributed by atoms with Crippen molar-refractivity contribution in [1.29, 1.82) is 0 Å². The molecule has 2 aromatic carbocycles. The minimum atomic E-state index is -1.06. The molecule has 6 nitrogen and oxygen atoms in total. The van der Waals surface area contributed by atoms with Crippen LogP contribution in [-0.4, -0.2) is 28.9 Å². The fraction of sp³-hybridized carbons (Fsp3) is 0.286. The number of nitrogens with one attached hydrogen (secondary N) is 2. The minimum absolute atomic E-state index is 0.0172. The monoisotopic (exact) mass is 368 g/mol. The zero-order valence-electron chi connectivity index (χ0n) is 15.5. The topological polar surface area (TPSA) is 95.5 Å². The lowest BCUT2D eigenvalue weighted by Gasteiger charge is -2.12. The molecule has 0 aliphatic heterocycles. The van der Waals surface area contributed by atoms with Crippen molar-refractivity contribution in [2.45, 2.75) is 39.3 Å². The Morgan fingerprint density at radius 1 is 1.07 bits per heavy atom. The second-order valence-corrected chi connectivity index (χ2v) is 6.40. The summed E-state index contributed by atoms with van der Waals surface area (Å²) in [6.45, 7) is 4.20. The van der Waals surface area contributed by atoms with Crippen LogP contribution >= 0.6 is 0 Å². The van der Waals surface area contributed by atoms with Crippen LogP contribution in [0.4, 0.5) is 0 Å². The molecule has 2 rings (SSSR count). The molecule has 0 bridgehead atoms. The van der Waals surface area contributed by atoms with Gasteiger partial charge in [-0.05, 0) is 42.7 Å². The van der Waals surface area contributed by atoms with E-state index in [4.69, 9.17) is 0 Å². The lowest BCUT2D eigenvalue weighted by molar-refractivity contribution is -0.120. The molecule has 1 atom stereocenters. The Kier molecular flexibility index (Phi) is 7.11. The first-order chi connectivity index (χ1) is 12.9. The van der Waals surface area contributed by atoms with Crippen LogP contribution in [0, 0.1) is 0 Å². The highest BCUT2D eigenvalue weighted by Gasteiger charge is 2.13. The van der Waals surface area contributed by atoms with E-state index in [1.54, 1.807) is 36.4 Å². The van der Waals surface area contributed by atoms with Crippen LogP contribution in [0.2, 0.25) is 0 Å². The first-order valence-corrected chi connectivity index (χ1v) is 8.88. The third kappa shape index (κ3) is 5.95. The van der Waals surface area contributed by atoms with E-state index >= 15 is 0 Å².